The van der Waals surface area contributed by atoms with Gasteiger partial charge in [0.15, 0.2) is 0 Å². The Morgan fingerprint density at radius 2 is 1.82 bits per heavy atom. The maximum absolute atomic E-state index is 13.1. The standard InChI is InChI=1S/C23H22N2O2S/c1-27-19-13-7-5-9-16(19)15-24-23-21(18-12-6-8-14-20(18)28-23)22(26)25-17-10-3-2-4-11-17/h2-5,7,9-11,13,15H,6,8,12,14H2,1H3,(H,25,26)/b24-15+. The fourth-order valence-corrected chi connectivity index (χ4v) is 4.72. The van der Waals surface area contributed by atoms with Crippen LogP contribution in [0.4, 0.5) is 10.7 Å². The molecule has 2 aromatic carbocycles. The largest absolute Gasteiger partial charge is 0.496 e. The van der Waals surface area contributed by atoms with Crippen molar-refractivity contribution < 1.29 is 9.53 Å². The number of hydrogen-bond donors (Lipinski definition) is 1. The molecule has 1 aromatic heterocycles. The molecule has 0 spiro atoms. The molecule has 0 aliphatic heterocycles. The van der Waals surface area contributed by atoms with Gasteiger partial charge in [0.05, 0.1) is 12.7 Å². The second-order valence-electron chi connectivity index (χ2n) is 6.71. The molecule has 142 valence electrons. The van der Waals surface area contributed by atoms with Crippen molar-refractivity contribution >= 4 is 34.1 Å². The van der Waals surface area contributed by atoms with Crippen LogP contribution in [-0.2, 0) is 12.8 Å². The first kappa shape index (κ1) is 18.4. The number of nitrogens with zero attached hydrogens (tertiary/aromatic N) is 1. The monoisotopic (exact) mass is 390 g/mol. The Hall–Kier alpha value is -2.92. The van der Waals surface area contributed by atoms with Crippen molar-refractivity contribution in [1.29, 1.82) is 0 Å². The van der Waals surface area contributed by atoms with E-state index in [0.29, 0.717) is 0 Å². The topological polar surface area (TPSA) is 50.7 Å². The number of amides is 1. The number of carbonyl (C=O) groups excluding carboxylic acids is 1. The summed E-state index contributed by atoms with van der Waals surface area (Å²) in [6.07, 6.45) is 6.03. The van der Waals surface area contributed by atoms with Crippen molar-refractivity contribution in [2.45, 2.75) is 25.7 Å². The number of nitrogens with one attached hydrogen (secondary N) is 1. The highest BCUT2D eigenvalue weighted by Gasteiger charge is 2.25. The molecule has 3 aromatic rings. The number of fused-ring (bicyclic) bond motifs is 1. The van der Waals surface area contributed by atoms with Gasteiger partial charge in [-0.05, 0) is 55.5 Å². The first-order valence-corrected chi connectivity index (χ1v) is 10.3. The van der Waals surface area contributed by atoms with Gasteiger partial charge in [-0.2, -0.15) is 0 Å². The van der Waals surface area contributed by atoms with Crippen molar-refractivity contribution in [2.75, 3.05) is 12.4 Å². The highest BCUT2D eigenvalue weighted by molar-refractivity contribution is 7.16. The molecule has 4 nitrogen and oxygen atoms in total. The molecular weight excluding hydrogens is 368 g/mol. The molecule has 0 saturated carbocycles. The van der Waals surface area contributed by atoms with Crippen LogP contribution in [-0.4, -0.2) is 19.2 Å². The minimum Gasteiger partial charge on any atom is -0.496 e. The molecule has 1 aliphatic carbocycles. The Labute approximate surface area is 168 Å². The molecule has 0 radical (unpaired) electrons. The second kappa shape index (κ2) is 8.40. The number of thiophene rings is 1. The van der Waals surface area contributed by atoms with Crippen LogP contribution in [0, 0.1) is 0 Å². The fraction of sp³-hybridized carbons (Fsp3) is 0.217. The molecule has 5 heteroatoms. The summed E-state index contributed by atoms with van der Waals surface area (Å²) in [6, 6.07) is 17.3. The molecule has 1 aliphatic rings. The van der Waals surface area contributed by atoms with Crippen molar-refractivity contribution in [1.82, 2.24) is 0 Å². The molecule has 0 saturated heterocycles. The summed E-state index contributed by atoms with van der Waals surface area (Å²) in [7, 11) is 1.65. The SMILES string of the molecule is COc1ccccc1/C=N/c1sc2c(c1C(=O)Nc1ccccc1)CCCC2. The maximum Gasteiger partial charge on any atom is 0.259 e. The van der Waals surface area contributed by atoms with E-state index >= 15 is 0 Å². The normalized spacial score (nSPS) is 13.3. The summed E-state index contributed by atoms with van der Waals surface area (Å²) < 4.78 is 5.40. The predicted molar refractivity (Wildman–Crippen MR) is 116 cm³/mol. The molecule has 1 heterocycles. The highest BCUT2D eigenvalue weighted by atomic mass is 32.1. The van der Waals surface area contributed by atoms with Gasteiger partial charge in [0, 0.05) is 22.3 Å². The minimum atomic E-state index is -0.0854. The summed E-state index contributed by atoms with van der Waals surface area (Å²) in [5.41, 5.74) is 3.57. The number of hydrogen-bond acceptors (Lipinski definition) is 4. The first-order chi connectivity index (χ1) is 13.8. The average molecular weight is 391 g/mol. The van der Waals surface area contributed by atoms with E-state index in [4.69, 9.17) is 9.73 Å². The quantitative estimate of drug-likeness (QED) is 0.573. The third-order valence-corrected chi connectivity index (χ3v) is 6.07. The number of aliphatic imine (C=N–C) groups is 1. The van der Waals surface area contributed by atoms with Crippen LogP contribution in [0.5, 0.6) is 5.75 Å². The van der Waals surface area contributed by atoms with E-state index in [1.807, 2.05) is 54.6 Å². The van der Waals surface area contributed by atoms with Gasteiger partial charge in [-0.3, -0.25) is 4.79 Å². The van der Waals surface area contributed by atoms with Crippen LogP contribution in [0.2, 0.25) is 0 Å². The van der Waals surface area contributed by atoms with Crippen molar-refractivity contribution in [3.63, 3.8) is 0 Å². The van der Waals surface area contributed by atoms with Crippen LogP contribution in [0.3, 0.4) is 0 Å². The summed E-state index contributed by atoms with van der Waals surface area (Å²) in [6.45, 7) is 0. The molecule has 1 N–H and O–H groups in total. The molecule has 4 rings (SSSR count). The predicted octanol–water partition coefficient (Wildman–Crippen LogP) is 5.64. The number of ether oxygens (including phenoxy) is 1. The molecular formula is C23H22N2O2S. The minimum absolute atomic E-state index is 0.0854. The van der Waals surface area contributed by atoms with Crippen molar-refractivity contribution in [2.24, 2.45) is 4.99 Å². The van der Waals surface area contributed by atoms with E-state index in [1.165, 1.54) is 11.3 Å². The number of anilines is 1. The fourth-order valence-electron chi connectivity index (χ4n) is 3.49. The van der Waals surface area contributed by atoms with E-state index in [1.54, 1.807) is 24.7 Å². The number of carbonyl (C=O) groups is 1. The first-order valence-electron chi connectivity index (χ1n) is 9.44. The van der Waals surface area contributed by atoms with E-state index < -0.39 is 0 Å². The molecule has 28 heavy (non-hydrogen) atoms. The summed E-state index contributed by atoms with van der Waals surface area (Å²) in [5.74, 6) is 0.681. The molecule has 0 unspecified atom stereocenters. The van der Waals surface area contributed by atoms with Crippen LogP contribution >= 0.6 is 11.3 Å². The van der Waals surface area contributed by atoms with E-state index in [0.717, 1.165) is 52.4 Å². The second-order valence-corrected chi connectivity index (χ2v) is 7.79. The third-order valence-electron chi connectivity index (χ3n) is 4.87. The van der Waals surface area contributed by atoms with Gasteiger partial charge < -0.3 is 10.1 Å². The Morgan fingerprint density at radius 1 is 1.07 bits per heavy atom. The van der Waals surface area contributed by atoms with Crippen molar-refractivity contribution in [3.8, 4) is 5.75 Å². The highest BCUT2D eigenvalue weighted by Crippen LogP contribution is 2.40. The lowest BCUT2D eigenvalue weighted by atomic mass is 9.95. The lowest BCUT2D eigenvalue weighted by molar-refractivity contribution is 0.102. The zero-order valence-electron chi connectivity index (χ0n) is 15.8. The van der Waals surface area contributed by atoms with Gasteiger partial charge in [0.1, 0.15) is 10.8 Å². The van der Waals surface area contributed by atoms with Crippen LogP contribution in [0.1, 0.15) is 39.2 Å². The van der Waals surface area contributed by atoms with Gasteiger partial charge in [0.2, 0.25) is 0 Å². The zero-order chi connectivity index (χ0) is 19.3. The van der Waals surface area contributed by atoms with Crippen LogP contribution in [0.25, 0.3) is 0 Å². The number of methoxy groups -OCH3 is 1. The summed E-state index contributed by atoms with van der Waals surface area (Å²) in [4.78, 5) is 19.1. The summed E-state index contributed by atoms with van der Waals surface area (Å²) in [5, 5.41) is 3.79. The Morgan fingerprint density at radius 3 is 2.64 bits per heavy atom. The number of benzene rings is 2. The lowest BCUT2D eigenvalue weighted by Gasteiger charge is -2.12. The molecule has 0 atom stereocenters. The molecule has 1 amide bonds. The van der Waals surface area contributed by atoms with Crippen LogP contribution < -0.4 is 10.1 Å². The Kier molecular flexibility index (Phi) is 5.53. The van der Waals surface area contributed by atoms with E-state index in [2.05, 4.69) is 5.32 Å². The number of para-hydroxylation sites is 2. The van der Waals surface area contributed by atoms with Gasteiger partial charge >= 0.3 is 0 Å². The van der Waals surface area contributed by atoms with Crippen molar-refractivity contribution in [3.05, 3.63) is 76.2 Å². The Bertz CT molecular complexity index is 1010. The maximum atomic E-state index is 13.1. The number of rotatable bonds is 5. The van der Waals surface area contributed by atoms with Gasteiger partial charge in [-0.15, -0.1) is 11.3 Å². The number of aryl methyl sites for hydroxylation is 1. The molecule has 0 fully saturated rings. The van der Waals surface area contributed by atoms with Gasteiger partial charge in [-0.25, -0.2) is 4.99 Å². The third kappa shape index (κ3) is 3.85. The van der Waals surface area contributed by atoms with E-state index in [9.17, 15) is 4.79 Å². The van der Waals surface area contributed by atoms with Gasteiger partial charge in [0.25, 0.3) is 5.91 Å². The molecule has 0 bridgehead atoms. The summed E-state index contributed by atoms with van der Waals surface area (Å²) >= 11 is 1.63. The average Bonchev–Trinajstić information content (AvgIpc) is 3.11. The van der Waals surface area contributed by atoms with E-state index in [-0.39, 0.29) is 5.91 Å². The Balaban J connectivity index is 1.70. The lowest BCUT2D eigenvalue weighted by Crippen LogP contribution is -2.14. The van der Waals surface area contributed by atoms with Crippen LogP contribution in [0.15, 0.2) is 59.6 Å². The van der Waals surface area contributed by atoms with Gasteiger partial charge in [-0.1, -0.05) is 30.3 Å². The smallest absolute Gasteiger partial charge is 0.259 e. The zero-order valence-corrected chi connectivity index (χ0v) is 16.6.